The Morgan fingerprint density at radius 1 is 0.714 bits per heavy atom. The molecule has 3 rings (SSSR count). The maximum Gasteiger partial charge on any atom is 0.130 e. The first-order valence-electron chi connectivity index (χ1n) is 11.5. The van der Waals surface area contributed by atoms with Crippen LogP contribution >= 0.6 is 0 Å². The summed E-state index contributed by atoms with van der Waals surface area (Å²) in [6, 6.07) is 8.94. The number of unbranched alkanes of at least 4 members (excludes halogenated alkanes) is 2. The van der Waals surface area contributed by atoms with Gasteiger partial charge in [0, 0.05) is 12.8 Å². The van der Waals surface area contributed by atoms with Crippen molar-refractivity contribution in [3.63, 3.8) is 0 Å². The van der Waals surface area contributed by atoms with Crippen LogP contribution in [0.3, 0.4) is 0 Å². The first-order chi connectivity index (χ1) is 13.4. The molecule has 0 atom stereocenters. The van der Waals surface area contributed by atoms with E-state index >= 15 is 0 Å². The van der Waals surface area contributed by atoms with Crippen LogP contribution in [0.4, 0.5) is 0 Å². The molecule has 0 radical (unpaired) electrons. The number of rotatable bonds is 14. The van der Waals surface area contributed by atoms with E-state index in [4.69, 9.17) is 0 Å². The van der Waals surface area contributed by atoms with Crippen LogP contribution in [0.1, 0.15) is 102 Å². The van der Waals surface area contributed by atoms with Crippen LogP contribution in [0.2, 0.25) is 0 Å². The molecule has 1 aromatic carbocycles. The van der Waals surface area contributed by atoms with Gasteiger partial charge < -0.3 is 9.59 Å². The number of benzene rings is 1. The summed E-state index contributed by atoms with van der Waals surface area (Å²) >= 11 is 0. The minimum absolute atomic E-state index is 0.360. The van der Waals surface area contributed by atoms with Crippen molar-refractivity contribution in [1.29, 1.82) is 0 Å². The van der Waals surface area contributed by atoms with E-state index in [9.17, 15) is 9.59 Å². The molecule has 0 bridgehead atoms. The number of carbonyl (C=O) groups excluding carboxylic acids is 2. The topological polar surface area (TPSA) is 34.1 Å². The van der Waals surface area contributed by atoms with Crippen LogP contribution in [0.25, 0.3) is 0 Å². The van der Waals surface area contributed by atoms with Gasteiger partial charge in [-0.05, 0) is 100 Å². The molecule has 1 aromatic rings. The number of carbonyl (C=O) groups is 2. The molecule has 28 heavy (non-hydrogen) atoms. The van der Waals surface area contributed by atoms with Gasteiger partial charge in [-0.3, -0.25) is 0 Å². The zero-order valence-corrected chi connectivity index (χ0v) is 18.0. The van der Waals surface area contributed by atoms with E-state index in [2.05, 4.69) is 24.3 Å². The fourth-order valence-corrected chi connectivity index (χ4v) is 5.12. The molecule has 2 heteroatoms. The summed E-state index contributed by atoms with van der Waals surface area (Å²) < 4.78 is 0. The van der Waals surface area contributed by atoms with Gasteiger partial charge in [0.1, 0.15) is 11.6 Å². The summed E-state index contributed by atoms with van der Waals surface area (Å²) in [7, 11) is 0. The molecule has 2 nitrogen and oxygen atoms in total. The molecular formula is C26H38O2. The van der Waals surface area contributed by atoms with Gasteiger partial charge in [-0.1, -0.05) is 37.1 Å². The van der Waals surface area contributed by atoms with Gasteiger partial charge >= 0.3 is 0 Å². The molecule has 2 fully saturated rings. The fourth-order valence-electron chi connectivity index (χ4n) is 5.12. The molecule has 154 valence electrons. The average Bonchev–Trinajstić information content (AvgIpc) is 3.55. The van der Waals surface area contributed by atoms with Crippen LogP contribution in [0.15, 0.2) is 24.3 Å². The normalized spacial score (nSPS) is 18.6. The molecule has 0 heterocycles. The summed E-state index contributed by atoms with van der Waals surface area (Å²) in [6.07, 6.45) is 16.4. The maximum absolute atomic E-state index is 11.4. The molecule has 0 saturated heterocycles. The van der Waals surface area contributed by atoms with Crippen molar-refractivity contribution < 1.29 is 9.59 Å². The van der Waals surface area contributed by atoms with Gasteiger partial charge in [-0.2, -0.15) is 0 Å². The Hall–Kier alpha value is -1.44. The van der Waals surface area contributed by atoms with Gasteiger partial charge in [0.05, 0.1) is 0 Å². The van der Waals surface area contributed by atoms with Gasteiger partial charge in [-0.15, -0.1) is 0 Å². The third kappa shape index (κ3) is 6.57. The molecule has 2 aliphatic carbocycles. The van der Waals surface area contributed by atoms with E-state index in [0.29, 0.717) is 22.4 Å². The van der Waals surface area contributed by atoms with Crippen molar-refractivity contribution in [3.8, 4) is 0 Å². The van der Waals surface area contributed by atoms with Crippen molar-refractivity contribution in [1.82, 2.24) is 0 Å². The highest BCUT2D eigenvalue weighted by Crippen LogP contribution is 2.53. The zero-order valence-electron chi connectivity index (χ0n) is 18.0. The summed E-state index contributed by atoms with van der Waals surface area (Å²) in [5.74, 6) is 0.721. The first kappa shape index (κ1) is 21.3. The second-order valence-electron chi connectivity index (χ2n) is 9.94. The highest BCUT2D eigenvalue weighted by atomic mass is 16.1. The molecule has 2 aliphatic rings. The second kappa shape index (κ2) is 9.37. The van der Waals surface area contributed by atoms with Gasteiger partial charge in [-0.25, -0.2) is 0 Å². The van der Waals surface area contributed by atoms with Crippen LogP contribution < -0.4 is 0 Å². The van der Waals surface area contributed by atoms with Gasteiger partial charge in [0.2, 0.25) is 0 Å². The van der Waals surface area contributed by atoms with Crippen molar-refractivity contribution in [2.24, 2.45) is 10.8 Å². The molecule has 0 amide bonds. The van der Waals surface area contributed by atoms with Gasteiger partial charge in [0.25, 0.3) is 0 Å². The predicted molar refractivity (Wildman–Crippen MR) is 115 cm³/mol. The summed E-state index contributed by atoms with van der Waals surface area (Å²) in [5, 5.41) is 0. The first-order valence-corrected chi connectivity index (χ1v) is 11.5. The van der Waals surface area contributed by atoms with E-state index in [1.807, 2.05) is 0 Å². The largest absolute Gasteiger partial charge is 0.300 e. The van der Waals surface area contributed by atoms with E-state index in [1.165, 1.54) is 88.2 Å². The van der Waals surface area contributed by atoms with Crippen molar-refractivity contribution in [3.05, 3.63) is 35.4 Å². The average molecular weight is 383 g/mol. The van der Waals surface area contributed by atoms with E-state index in [0.717, 1.165) is 12.8 Å². The van der Waals surface area contributed by atoms with Crippen molar-refractivity contribution in [2.75, 3.05) is 0 Å². The SMILES string of the molecule is CC(=O)CC1(CCCCc2ccccc2CCCCC2(CC(C)=O)CC2)CC1. The molecule has 0 N–H and O–H groups in total. The third-order valence-corrected chi connectivity index (χ3v) is 7.09. The predicted octanol–water partition coefficient (Wildman–Crippen LogP) is 6.63. The highest BCUT2D eigenvalue weighted by molar-refractivity contribution is 5.77. The molecule has 2 saturated carbocycles. The number of hydrogen-bond donors (Lipinski definition) is 0. The number of ketones is 2. The number of Topliss-reactive ketones (excluding diaryl/α,β-unsaturated/α-hetero) is 2. The fraction of sp³-hybridized carbons (Fsp3) is 0.692. The lowest BCUT2D eigenvalue weighted by molar-refractivity contribution is -0.119. The van der Waals surface area contributed by atoms with Crippen LogP contribution in [0.5, 0.6) is 0 Å². The number of aryl methyl sites for hydroxylation is 2. The Bertz CT molecular complexity index is 620. The van der Waals surface area contributed by atoms with Crippen molar-refractivity contribution >= 4 is 11.6 Å². The Balaban J connectivity index is 1.37. The van der Waals surface area contributed by atoms with Gasteiger partial charge in [0.15, 0.2) is 0 Å². The van der Waals surface area contributed by atoms with Crippen molar-refractivity contribution in [2.45, 2.75) is 104 Å². The minimum atomic E-state index is 0.360. The highest BCUT2D eigenvalue weighted by Gasteiger charge is 2.43. The van der Waals surface area contributed by atoms with Crippen LogP contribution in [0, 0.1) is 10.8 Å². The molecule has 0 aromatic heterocycles. The smallest absolute Gasteiger partial charge is 0.130 e. The zero-order chi connectivity index (χ0) is 20.0. The lowest BCUT2D eigenvalue weighted by Gasteiger charge is -2.15. The maximum atomic E-state index is 11.4. The summed E-state index contributed by atoms with van der Waals surface area (Å²) in [6.45, 7) is 3.48. The monoisotopic (exact) mass is 382 g/mol. The molecule has 0 spiro atoms. The van der Waals surface area contributed by atoms with Crippen LogP contribution in [-0.4, -0.2) is 11.6 Å². The van der Waals surface area contributed by atoms with E-state index in [-0.39, 0.29) is 0 Å². The minimum Gasteiger partial charge on any atom is -0.300 e. The lowest BCUT2D eigenvalue weighted by atomic mass is 9.90. The molecule has 0 aliphatic heterocycles. The molecular weight excluding hydrogens is 344 g/mol. The third-order valence-electron chi connectivity index (χ3n) is 7.09. The quantitative estimate of drug-likeness (QED) is 0.338. The Morgan fingerprint density at radius 3 is 1.43 bits per heavy atom. The van der Waals surface area contributed by atoms with Crippen LogP contribution in [-0.2, 0) is 22.4 Å². The second-order valence-corrected chi connectivity index (χ2v) is 9.94. The standard InChI is InChI=1S/C26H38O2/c1-21(27)19-25(15-16-25)13-7-5-11-23-9-3-4-10-24(23)12-6-8-14-26(17-18-26)20-22(2)28/h3-4,9-10H,5-8,11-20H2,1-2H3. The number of hydrogen-bond acceptors (Lipinski definition) is 2. The summed E-state index contributed by atoms with van der Waals surface area (Å²) in [4.78, 5) is 22.9. The Kier molecular flexibility index (Phi) is 7.12. The lowest BCUT2D eigenvalue weighted by Crippen LogP contribution is -2.07. The Morgan fingerprint density at radius 2 is 1.11 bits per heavy atom. The molecule has 0 unspecified atom stereocenters. The summed E-state index contributed by atoms with van der Waals surface area (Å²) in [5.41, 5.74) is 3.79. The van der Waals surface area contributed by atoms with E-state index in [1.54, 1.807) is 13.8 Å². The Labute approximate surface area is 171 Å². The van der Waals surface area contributed by atoms with E-state index < -0.39 is 0 Å².